The SMILES string of the molecule is CCc1ccc(C(=O)NNC(=O)[C@@H]2CCCN(S(=O)(=O)c3cccs3)C2)cc1. The predicted octanol–water partition coefficient (Wildman–Crippen LogP) is 2.17. The molecule has 0 unspecified atom stereocenters. The molecule has 150 valence electrons. The van der Waals surface area contributed by atoms with Gasteiger partial charge in [0.05, 0.1) is 5.92 Å². The van der Waals surface area contributed by atoms with Crippen molar-refractivity contribution in [1.29, 1.82) is 0 Å². The summed E-state index contributed by atoms with van der Waals surface area (Å²) in [5.41, 5.74) is 6.41. The van der Waals surface area contributed by atoms with Crippen LogP contribution in [0, 0.1) is 5.92 Å². The molecule has 1 aliphatic heterocycles. The normalized spacial score (nSPS) is 17.8. The third-order valence-electron chi connectivity index (χ3n) is 4.77. The number of thiophene rings is 1. The number of carbonyl (C=O) groups excluding carboxylic acids is 2. The summed E-state index contributed by atoms with van der Waals surface area (Å²) >= 11 is 1.16. The van der Waals surface area contributed by atoms with Crippen molar-refractivity contribution in [1.82, 2.24) is 15.2 Å². The van der Waals surface area contributed by atoms with E-state index in [1.807, 2.05) is 19.1 Å². The fourth-order valence-electron chi connectivity index (χ4n) is 3.10. The van der Waals surface area contributed by atoms with Gasteiger partial charge in [0, 0.05) is 18.7 Å². The molecule has 0 radical (unpaired) electrons. The number of rotatable bonds is 5. The van der Waals surface area contributed by atoms with Crippen molar-refractivity contribution >= 4 is 33.2 Å². The number of amides is 2. The lowest BCUT2D eigenvalue weighted by Crippen LogP contribution is -2.49. The molecule has 1 aromatic heterocycles. The first kappa shape index (κ1) is 20.5. The van der Waals surface area contributed by atoms with Crippen LogP contribution in [0.3, 0.4) is 0 Å². The summed E-state index contributed by atoms with van der Waals surface area (Å²) in [5, 5.41) is 1.71. The average Bonchev–Trinajstić information content (AvgIpc) is 3.27. The maximum Gasteiger partial charge on any atom is 0.269 e. The van der Waals surface area contributed by atoms with Crippen molar-refractivity contribution < 1.29 is 18.0 Å². The third-order valence-corrected chi connectivity index (χ3v) is 8.01. The van der Waals surface area contributed by atoms with E-state index in [4.69, 9.17) is 0 Å². The lowest BCUT2D eigenvalue weighted by atomic mass is 9.99. The summed E-state index contributed by atoms with van der Waals surface area (Å²) in [4.78, 5) is 24.6. The Morgan fingerprint density at radius 2 is 1.93 bits per heavy atom. The molecule has 0 spiro atoms. The van der Waals surface area contributed by atoms with E-state index in [9.17, 15) is 18.0 Å². The Morgan fingerprint density at radius 1 is 1.18 bits per heavy atom. The number of hydrazine groups is 1. The number of hydrogen-bond acceptors (Lipinski definition) is 5. The van der Waals surface area contributed by atoms with Crippen LogP contribution in [0.5, 0.6) is 0 Å². The monoisotopic (exact) mass is 421 g/mol. The number of piperidine rings is 1. The highest BCUT2D eigenvalue weighted by Gasteiger charge is 2.33. The van der Waals surface area contributed by atoms with Crippen molar-refractivity contribution in [3.63, 3.8) is 0 Å². The zero-order valence-corrected chi connectivity index (χ0v) is 17.2. The summed E-state index contributed by atoms with van der Waals surface area (Å²) in [6.07, 6.45) is 2.05. The van der Waals surface area contributed by atoms with Crippen molar-refractivity contribution in [3.05, 3.63) is 52.9 Å². The van der Waals surface area contributed by atoms with E-state index in [0.29, 0.717) is 24.9 Å². The lowest BCUT2D eigenvalue weighted by molar-refractivity contribution is -0.126. The summed E-state index contributed by atoms with van der Waals surface area (Å²) in [6, 6.07) is 10.4. The Morgan fingerprint density at radius 3 is 2.57 bits per heavy atom. The van der Waals surface area contributed by atoms with Gasteiger partial charge in [-0.3, -0.25) is 20.4 Å². The molecule has 0 bridgehead atoms. The van der Waals surface area contributed by atoms with Crippen LogP contribution in [-0.4, -0.2) is 37.6 Å². The summed E-state index contributed by atoms with van der Waals surface area (Å²) in [5.74, 6) is -1.30. The van der Waals surface area contributed by atoms with Crippen LogP contribution >= 0.6 is 11.3 Å². The van der Waals surface area contributed by atoms with Gasteiger partial charge in [-0.25, -0.2) is 8.42 Å². The van der Waals surface area contributed by atoms with Gasteiger partial charge < -0.3 is 0 Å². The Bertz CT molecular complexity index is 925. The van der Waals surface area contributed by atoms with Gasteiger partial charge in [0.25, 0.3) is 15.9 Å². The number of benzene rings is 1. The summed E-state index contributed by atoms with van der Waals surface area (Å²) in [6.45, 7) is 2.52. The summed E-state index contributed by atoms with van der Waals surface area (Å²) < 4.78 is 26.9. The van der Waals surface area contributed by atoms with E-state index in [-0.39, 0.29) is 16.7 Å². The second-order valence-corrected chi connectivity index (χ2v) is 9.74. The Hall–Kier alpha value is -2.23. The fourth-order valence-corrected chi connectivity index (χ4v) is 5.77. The molecule has 28 heavy (non-hydrogen) atoms. The van der Waals surface area contributed by atoms with E-state index in [1.165, 1.54) is 4.31 Å². The molecule has 9 heteroatoms. The van der Waals surface area contributed by atoms with Gasteiger partial charge in [-0.15, -0.1) is 11.3 Å². The zero-order chi connectivity index (χ0) is 20.1. The Kier molecular flexibility index (Phi) is 6.48. The van der Waals surface area contributed by atoms with Crippen molar-refractivity contribution in [2.24, 2.45) is 5.92 Å². The largest absolute Gasteiger partial charge is 0.273 e. The number of hydrogen-bond donors (Lipinski definition) is 2. The van der Waals surface area contributed by atoms with E-state index in [2.05, 4.69) is 10.9 Å². The molecular formula is C19H23N3O4S2. The quantitative estimate of drug-likeness (QED) is 0.724. The van der Waals surface area contributed by atoms with Crippen LogP contribution in [0.1, 0.15) is 35.7 Å². The van der Waals surface area contributed by atoms with Gasteiger partial charge in [-0.2, -0.15) is 4.31 Å². The molecule has 2 amide bonds. The molecule has 2 heterocycles. The fraction of sp³-hybridized carbons (Fsp3) is 0.368. The minimum absolute atomic E-state index is 0.104. The molecule has 0 saturated carbocycles. The van der Waals surface area contributed by atoms with E-state index >= 15 is 0 Å². The first-order valence-electron chi connectivity index (χ1n) is 9.14. The van der Waals surface area contributed by atoms with Crippen molar-refractivity contribution in [2.45, 2.75) is 30.4 Å². The lowest BCUT2D eigenvalue weighted by Gasteiger charge is -2.30. The molecule has 0 aliphatic carbocycles. The molecule has 7 nitrogen and oxygen atoms in total. The van der Waals surface area contributed by atoms with Crippen molar-refractivity contribution in [2.75, 3.05) is 13.1 Å². The van der Waals surface area contributed by atoms with Crippen LogP contribution in [0.4, 0.5) is 0 Å². The molecule has 1 aliphatic rings. The molecule has 3 rings (SSSR count). The molecular weight excluding hydrogens is 398 g/mol. The molecule has 1 aromatic carbocycles. The number of aryl methyl sites for hydroxylation is 1. The standard InChI is InChI=1S/C19H23N3O4S2/c1-2-14-7-9-15(10-8-14)18(23)20-21-19(24)16-5-3-11-22(13-16)28(25,26)17-6-4-12-27-17/h4,6-10,12,16H,2-3,5,11,13H2,1H3,(H,20,23)(H,21,24)/t16-/m1/s1. The second kappa shape index (κ2) is 8.85. The molecule has 2 N–H and O–H groups in total. The molecule has 2 aromatic rings. The minimum Gasteiger partial charge on any atom is -0.273 e. The molecule has 1 atom stereocenters. The predicted molar refractivity (Wildman–Crippen MR) is 107 cm³/mol. The van der Waals surface area contributed by atoms with Crippen LogP contribution in [0.25, 0.3) is 0 Å². The smallest absolute Gasteiger partial charge is 0.269 e. The maximum absolute atomic E-state index is 12.7. The van der Waals surface area contributed by atoms with Gasteiger partial charge in [-0.05, 0) is 48.4 Å². The van der Waals surface area contributed by atoms with Crippen LogP contribution < -0.4 is 10.9 Å². The van der Waals surface area contributed by atoms with Crippen LogP contribution in [0.2, 0.25) is 0 Å². The molecule has 1 fully saturated rings. The van der Waals surface area contributed by atoms with E-state index in [1.54, 1.807) is 29.6 Å². The van der Waals surface area contributed by atoms with Gasteiger partial charge >= 0.3 is 0 Å². The highest BCUT2D eigenvalue weighted by Crippen LogP contribution is 2.26. The second-order valence-electron chi connectivity index (χ2n) is 6.63. The Balaban J connectivity index is 1.57. The first-order valence-corrected chi connectivity index (χ1v) is 11.5. The van der Waals surface area contributed by atoms with Crippen LogP contribution in [-0.2, 0) is 21.2 Å². The van der Waals surface area contributed by atoms with Crippen molar-refractivity contribution in [3.8, 4) is 0 Å². The van der Waals surface area contributed by atoms with Gasteiger partial charge in [0.1, 0.15) is 4.21 Å². The maximum atomic E-state index is 12.7. The van der Waals surface area contributed by atoms with Gasteiger partial charge in [0.2, 0.25) is 5.91 Å². The van der Waals surface area contributed by atoms with Crippen LogP contribution in [0.15, 0.2) is 46.0 Å². The number of sulfonamides is 1. The highest BCUT2D eigenvalue weighted by atomic mass is 32.2. The molecule has 1 saturated heterocycles. The van der Waals surface area contributed by atoms with Gasteiger partial charge in [0.15, 0.2) is 0 Å². The highest BCUT2D eigenvalue weighted by molar-refractivity contribution is 7.91. The topological polar surface area (TPSA) is 95.6 Å². The number of nitrogens with zero attached hydrogens (tertiary/aromatic N) is 1. The zero-order valence-electron chi connectivity index (χ0n) is 15.6. The van der Waals surface area contributed by atoms with Gasteiger partial charge in [-0.1, -0.05) is 25.1 Å². The number of carbonyl (C=O) groups is 2. The summed E-state index contributed by atoms with van der Waals surface area (Å²) in [7, 11) is -3.58. The number of nitrogens with one attached hydrogen (secondary N) is 2. The first-order chi connectivity index (χ1) is 13.4. The minimum atomic E-state index is -3.58. The van der Waals surface area contributed by atoms with E-state index < -0.39 is 21.8 Å². The third kappa shape index (κ3) is 4.60. The average molecular weight is 422 g/mol. The Labute approximate surface area is 168 Å². The van der Waals surface area contributed by atoms with E-state index in [0.717, 1.165) is 23.3 Å².